The van der Waals surface area contributed by atoms with Crippen molar-refractivity contribution in [1.82, 2.24) is 0 Å². The van der Waals surface area contributed by atoms with Gasteiger partial charge in [0.05, 0.1) is 0 Å². The Morgan fingerprint density at radius 3 is 2.93 bits per heavy atom. The van der Waals surface area contributed by atoms with Crippen LogP contribution in [0.3, 0.4) is 0 Å². The topological polar surface area (TPSA) is 17.1 Å². The average Bonchev–Trinajstić information content (AvgIpc) is 2.40. The molecule has 1 saturated carbocycles. The zero-order valence-corrected chi connectivity index (χ0v) is 9.05. The summed E-state index contributed by atoms with van der Waals surface area (Å²) in [6.07, 6.45) is 7.09. The number of hydrogen-bond acceptors (Lipinski definition) is 1. The fourth-order valence-corrected chi connectivity index (χ4v) is 3.00. The largest absolute Gasteiger partial charge is 0.299 e. The van der Waals surface area contributed by atoms with Crippen LogP contribution in [0.2, 0.25) is 0 Å². The van der Waals surface area contributed by atoms with Gasteiger partial charge in [0.25, 0.3) is 0 Å². The molecule has 1 nitrogen and oxygen atoms in total. The van der Waals surface area contributed by atoms with Crippen LogP contribution in [0, 0.1) is 17.3 Å². The summed E-state index contributed by atoms with van der Waals surface area (Å²) in [6, 6.07) is 0. The van der Waals surface area contributed by atoms with Gasteiger partial charge in [0.1, 0.15) is 5.78 Å². The SMILES string of the molecule is C=C(C)C1CC(=O)[C@@]2(C)CC=CC[C@H]12. The molecule has 14 heavy (non-hydrogen) atoms. The summed E-state index contributed by atoms with van der Waals surface area (Å²) in [5.74, 6) is 1.38. The number of hydrogen-bond donors (Lipinski definition) is 0. The molecule has 0 aromatic carbocycles. The van der Waals surface area contributed by atoms with Crippen LogP contribution in [-0.2, 0) is 4.79 Å². The van der Waals surface area contributed by atoms with Gasteiger partial charge in [0, 0.05) is 11.8 Å². The number of allylic oxidation sites excluding steroid dienone is 3. The Balaban J connectivity index is 2.35. The Bertz CT molecular complexity index is 313. The normalized spacial score (nSPS) is 41.1. The van der Waals surface area contributed by atoms with Gasteiger partial charge >= 0.3 is 0 Å². The van der Waals surface area contributed by atoms with Crippen molar-refractivity contribution in [2.24, 2.45) is 17.3 Å². The molecule has 0 aromatic rings. The van der Waals surface area contributed by atoms with Crippen molar-refractivity contribution in [2.45, 2.75) is 33.1 Å². The smallest absolute Gasteiger partial charge is 0.139 e. The van der Waals surface area contributed by atoms with Crippen molar-refractivity contribution >= 4 is 5.78 Å². The third-order valence-corrected chi connectivity index (χ3v) is 4.08. The molecule has 0 aliphatic heterocycles. The summed E-state index contributed by atoms with van der Waals surface area (Å²) in [4.78, 5) is 12.0. The maximum atomic E-state index is 12.0. The van der Waals surface area contributed by atoms with Crippen LogP contribution in [0.4, 0.5) is 0 Å². The van der Waals surface area contributed by atoms with Crippen molar-refractivity contribution in [2.75, 3.05) is 0 Å². The molecule has 0 amide bonds. The summed E-state index contributed by atoms with van der Waals surface area (Å²) in [7, 11) is 0. The highest BCUT2D eigenvalue weighted by Gasteiger charge is 2.51. The van der Waals surface area contributed by atoms with Gasteiger partial charge in [-0.25, -0.2) is 0 Å². The molecule has 0 heterocycles. The van der Waals surface area contributed by atoms with Crippen molar-refractivity contribution in [3.05, 3.63) is 24.3 Å². The number of ketones is 1. The molecule has 2 rings (SSSR count). The standard InChI is InChI=1S/C13H18O/c1-9(2)10-8-12(14)13(3)7-5-4-6-11(10)13/h4-5,10-11H,1,6-8H2,2-3H3/t10?,11-,13+/m1/s1. The lowest BCUT2D eigenvalue weighted by Crippen LogP contribution is -2.31. The first-order valence-corrected chi connectivity index (χ1v) is 5.39. The lowest BCUT2D eigenvalue weighted by Gasteiger charge is -2.34. The van der Waals surface area contributed by atoms with E-state index in [2.05, 4.69) is 32.6 Å². The van der Waals surface area contributed by atoms with E-state index in [0.29, 0.717) is 17.6 Å². The third-order valence-electron chi connectivity index (χ3n) is 4.08. The van der Waals surface area contributed by atoms with Gasteiger partial charge in [-0.2, -0.15) is 0 Å². The second-order valence-electron chi connectivity index (χ2n) is 5.02. The number of fused-ring (bicyclic) bond motifs is 1. The van der Waals surface area contributed by atoms with Gasteiger partial charge in [-0.05, 0) is 31.6 Å². The average molecular weight is 190 g/mol. The van der Waals surface area contributed by atoms with Crippen LogP contribution >= 0.6 is 0 Å². The van der Waals surface area contributed by atoms with E-state index in [1.807, 2.05) is 0 Å². The molecular weight excluding hydrogens is 172 g/mol. The van der Waals surface area contributed by atoms with Crippen molar-refractivity contribution in [3.8, 4) is 0 Å². The molecule has 1 heteroatoms. The maximum absolute atomic E-state index is 12.0. The molecule has 0 saturated heterocycles. The minimum absolute atomic E-state index is 0.0850. The van der Waals surface area contributed by atoms with Crippen molar-refractivity contribution < 1.29 is 4.79 Å². The van der Waals surface area contributed by atoms with Gasteiger partial charge in [-0.1, -0.05) is 31.2 Å². The lowest BCUT2D eigenvalue weighted by molar-refractivity contribution is -0.126. The van der Waals surface area contributed by atoms with Crippen LogP contribution < -0.4 is 0 Å². The molecule has 0 spiro atoms. The Morgan fingerprint density at radius 1 is 1.57 bits per heavy atom. The summed E-state index contributed by atoms with van der Waals surface area (Å²) < 4.78 is 0. The highest BCUT2D eigenvalue weighted by Crippen LogP contribution is 2.52. The maximum Gasteiger partial charge on any atom is 0.139 e. The quantitative estimate of drug-likeness (QED) is 0.581. The summed E-state index contributed by atoms with van der Waals surface area (Å²) in [5, 5.41) is 0. The first-order valence-electron chi connectivity index (χ1n) is 5.39. The minimum atomic E-state index is -0.0850. The monoisotopic (exact) mass is 190 g/mol. The Hall–Kier alpha value is -0.850. The molecule has 1 unspecified atom stereocenters. The molecule has 0 aromatic heterocycles. The van der Waals surface area contributed by atoms with Crippen LogP contribution in [0.5, 0.6) is 0 Å². The lowest BCUT2D eigenvalue weighted by atomic mass is 9.69. The molecule has 3 atom stereocenters. The fourth-order valence-electron chi connectivity index (χ4n) is 3.00. The van der Waals surface area contributed by atoms with E-state index in [1.165, 1.54) is 5.57 Å². The van der Waals surface area contributed by atoms with Gasteiger partial charge in [0.15, 0.2) is 0 Å². The van der Waals surface area contributed by atoms with E-state index in [-0.39, 0.29) is 5.41 Å². The van der Waals surface area contributed by atoms with Crippen molar-refractivity contribution in [3.63, 3.8) is 0 Å². The van der Waals surface area contributed by atoms with Gasteiger partial charge in [-0.3, -0.25) is 4.79 Å². The Morgan fingerprint density at radius 2 is 2.29 bits per heavy atom. The van der Waals surface area contributed by atoms with Crippen LogP contribution in [0.1, 0.15) is 33.1 Å². The minimum Gasteiger partial charge on any atom is -0.299 e. The molecular formula is C13H18O. The van der Waals surface area contributed by atoms with Crippen LogP contribution in [0.25, 0.3) is 0 Å². The van der Waals surface area contributed by atoms with E-state index in [0.717, 1.165) is 19.3 Å². The van der Waals surface area contributed by atoms with E-state index >= 15 is 0 Å². The number of Topliss-reactive ketones (excluding diaryl/α,β-unsaturated/α-hetero) is 1. The number of carbonyl (C=O) groups excluding carboxylic acids is 1. The molecule has 2 aliphatic carbocycles. The molecule has 0 bridgehead atoms. The first-order chi connectivity index (χ1) is 6.55. The van der Waals surface area contributed by atoms with Crippen LogP contribution in [0.15, 0.2) is 24.3 Å². The van der Waals surface area contributed by atoms with Gasteiger partial charge in [-0.15, -0.1) is 0 Å². The second kappa shape index (κ2) is 3.08. The number of carbonyl (C=O) groups is 1. The number of rotatable bonds is 1. The highest BCUT2D eigenvalue weighted by molar-refractivity contribution is 5.88. The van der Waals surface area contributed by atoms with E-state index in [1.54, 1.807) is 0 Å². The van der Waals surface area contributed by atoms with E-state index in [4.69, 9.17) is 0 Å². The molecule has 1 fully saturated rings. The fraction of sp³-hybridized carbons (Fsp3) is 0.615. The second-order valence-corrected chi connectivity index (χ2v) is 5.02. The molecule has 2 aliphatic rings. The Labute approximate surface area is 85.9 Å². The zero-order chi connectivity index (χ0) is 10.3. The highest BCUT2D eigenvalue weighted by atomic mass is 16.1. The van der Waals surface area contributed by atoms with Gasteiger partial charge < -0.3 is 0 Å². The Kier molecular flexibility index (Phi) is 2.13. The molecule has 0 N–H and O–H groups in total. The van der Waals surface area contributed by atoms with E-state index in [9.17, 15) is 4.79 Å². The zero-order valence-electron chi connectivity index (χ0n) is 9.05. The predicted octanol–water partition coefficient (Wildman–Crippen LogP) is 3.12. The summed E-state index contributed by atoms with van der Waals surface area (Å²) in [6.45, 7) is 8.21. The summed E-state index contributed by atoms with van der Waals surface area (Å²) >= 11 is 0. The van der Waals surface area contributed by atoms with Crippen LogP contribution in [-0.4, -0.2) is 5.78 Å². The third kappa shape index (κ3) is 1.18. The van der Waals surface area contributed by atoms with Gasteiger partial charge in [0.2, 0.25) is 0 Å². The summed E-state index contributed by atoms with van der Waals surface area (Å²) in [5.41, 5.74) is 1.10. The first kappa shape index (κ1) is 9.70. The van der Waals surface area contributed by atoms with Crippen molar-refractivity contribution in [1.29, 1.82) is 0 Å². The molecule has 0 radical (unpaired) electrons. The van der Waals surface area contributed by atoms with E-state index < -0.39 is 0 Å². The molecule has 76 valence electrons. The predicted molar refractivity (Wildman–Crippen MR) is 57.9 cm³/mol.